The second kappa shape index (κ2) is 5.53. The lowest BCUT2D eigenvalue weighted by molar-refractivity contribution is 1.05. The number of anilines is 2. The van der Waals surface area contributed by atoms with E-state index in [0.717, 1.165) is 7.83 Å². The minimum atomic E-state index is 0.414. The lowest BCUT2D eigenvalue weighted by atomic mass is 11.3. The van der Waals surface area contributed by atoms with Crippen LogP contribution in [0.4, 0.5) is 10.3 Å². The molecule has 76 valence electrons. The Morgan fingerprint density at radius 2 is 1.21 bits per heavy atom. The molecule has 0 aliphatic carbocycles. The van der Waals surface area contributed by atoms with E-state index < -0.39 is 0 Å². The smallest absolute Gasteiger partial charge is 0.204 e. The molecular weight excluding hydrogens is 356 g/mol. The highest BCUT2D eigenvalue weighted by Gasteiger charge is 1.92. The lowest BCUT2D eigenvalue weighted by Crippen LogP contribution is -1.81. The van der Waals surface area contributed by atoms with Gasteiger partial charge in [0.25, 0.3) is 0 Å². The number of aromatic nitrogens is 4. The maximum atomic E-state index is 5.14. The highest BCUT2D eigenvalue weighted by atomic mass is 79.9. The van der Waals surface area contributed by atoms with Crippen molar-refractivity contribution < 1.29 is 0 Å². The molecule has 0 bridgehead atoms. The summed E-state index contributed by atoms with van der Waals surface area (Å²) in [5, 5.41) is 15.0. The largest absolute Gasteiger partial charge is 0.374 e. The Hall–Kier alpha value is -0.320. The topological polar surface area (TPSA) is 104 Å². The van der Waals surface area contributed by atoms with Gasteiger partial charge in [0.15, 0.2) is 7.83 Å². The van der Waals surface area contributed by atoms with Gasteiger partial charge in [0, 0.05) is 0 Å². The van der Waals surface area contributed by atoms with Crippen LogP contribution in [0.15, 0.2) is 7.83 Å². The van der Waals surface area contributed by atoms with E-state index in [1.165, 1.54) is 22.7 Å². The Labute approximate surface area is 104 Å². The molecule has 0 radical (unpaired) electrons. The van der Waals surface area contributed by atoms with Gasteiger partial charge < -0.3 is 11.5 Å². The van der Waals surface area contributed by atoms with Crippen molar-refractivity contribution in [2.45, 2.75) is 0 Å². The molecule has 0 saturated heterocycles. The minimum Gasteiger partial charge on any atom is -0.374 e. The van der Waals surface area contributed by atoms with Gasteiger partial charge >= 0.3 is 0 Å². The molecule has 0 amide bonds. The minimum absolute atomic E-state index is 0.414. The van der Waals surface area contributed by atoms with Gasteiger partial charge in [-0.1, -0.05) is 22.7 Å². The summed E-state index contributed by atoms with van der Waals surface area (Å²) in [5.74, 6) is 0. The number of hydrogen-bond acceptors (Lipinski definition) is 8. The third kappa shape index (κ3) is 4.26. The molecule has 10 heteroatoms. The van der Waals surface area contributed by atoms with E-state index in [-0.39, 0.29) is 0 Å². The number of nitrogens with zero attached hydrogens (tertiary/aromatic N) is 4. The van der Waals surface area contributed by atoms with Crippen molar-refractivity contribution >= 4 is 64.8 Å². The number of nitrogens with two attached hydrogens (primary N) is 2. The average molecular weight is 360 g/mol. The van der Waals surface area contributed by atoms with Crippen LogP contribution in [0.2, 0.25) is 0 Å². The van der Waals surface area contributed by atoms with Gasteiger partial charge in [-0.25, -0.2) is 0 Å². The molecule has 0 aliphatic rings. The first-order valence-electron chi connectivity index (χ1n) is 3.07. The number of rotatable bonds is 0. The first-order chi connectivity index (χ1) is 6.58. The van der Waals surface area contributed by atoms with Gasteiger partial charge in [-0.15, -0.1) is 20.4 Å². The highest BCUT2D eigenvalue weighted by Crippen LogP contribution is 2.19. The predicted octanol–water partition coefficient (Wildman–Crippen LogP) is 1.77. The molecule has 0 spiro atoms. The molecule has 2 aromatic rings. The number of nitrogen functional groups attached to an aromatic ring is 2. The van der Waals surface area contributed by atoms with E-state index in [1.54, 1.807) is 0 Å². The fraction of sp³-hybridized carbons (Fsp3) is 0. The molecule has 14 heavy (non-hydrogen) atoms. The van der Waals surface area contributed by atoms with Crippen molar-refractivity contribution in [3.8, 4) is 0 Å². The molecule has 0 unspecified atom stereocenters. The van der Waals surface area contributed by atoms with Crippen molar-refractivity contribution in [3.05, 3.63) is 7.83 Å². The van der Waals surface area contributed by atoms with Crippen molar-refractivity contribution in [3.63, 3.8) is 0 Å². The van der Waals surface area contributed by atoms with Crippen LogP contribution in [0.5, 0.6) is 0 Å². The quantitative estimate of drug-likeness (QED) is 0.742. The Balaban J connectivity index is 0.000000140. The molecule has 2 aromatic heterocycles. The summed E-state index contributed by atoms with van der Waals surface area (Å²) < 4.78 is 1.61. The van der Waals surface area contributed by atoms with Crippen LogP contribution in [0.25, 0.3) is 0 Å². The summed E-state index contributed by atoms with van der Waals surface area (Å²) in [5.41, 5.74) is 10.3. The lowest BCUT2D eigenvalue weighted by Gasteiger charge is -1.67. The van der Waals surface area contributed by atoms with E-state index in [9.17, 15) is 0 Å². The van der Waals surface area contributed by atoms with Gasteiger partial charge in [-0.05, 0) is 31.9 Å². The summed E-state index contributed by atoms with van der Waals surface area (Å²) in [6.45, 7) is 0. The van der Waals surface area contributed by atoms with Crippen LogP contribution in [0.1, 0.15) is 0 Å². The van der Waals surface area contributed by atoms with Crippen LogP contribution >= 0.6 is 54.5 Å². The normalized spacial score (nSPS) is 9.29. The standard InChI is InChI=1S/C2Br2N2S.C2H4N4S/c2*3-1-5-6-2(4)7-1/h;(H2,3,5)(H2,4,6). The summed E-state index contributed by atoms with van der Waals surface area (Å²) >= 11 is 8.92. The molecule has 0 fully saturated rings. The zero-order valence-electron chi connectivity index (χ0n) is 6.52. The fourth-order valence-corrected chi connectivity index (χ4v) is 2.85. The average Bonchev–Trinajstić information content (AvgIpc) is 2.63. The molecule has 6 nitrogen and oxygen atoms in total. The van der Waals surface area contributed by atoms with Crippen LogP contribution in [0, 0.1) is 0 Å². The fourth-order valence-electron chi connectivity index (χ4n) is 0.435. The molecule has 0 aliphatic heterocycles. The van der Waals surface area contributed by atoms with Crippen LogP contribution in [-0.2, 0) is 0 Å². The zero-order valence-corrected chi connectivity index (χ0v) is 11.3. The molecule has 0 aromatic carbocycles. The Morgan fingerprint density at radius 1 is 0.786 bits per heavy atom. The highest BCUT2D eigenvalue weighted by molar-refractivity contribution is 9.12. The number of halogens is 2. The molecule has 0 atom stereocenters. The SMILES string of the molecule is Brc1nnc(Br)s1.Nc1nnc(N)s1. The van der Waals surface area contributed by atoms with Gasteiger partial charge in [0.05, 0.1) is 0 Å². The monoisotopic (exact) mass is 358 g/mol. The Morgan fingerprint density at radius 3 is 1.36 bits per heavy atom. The van der Waals surface area contributed by atoms with Crippen LogP contribution in [0.3, 0.4) is 0 Å². The third-order valence-corrected chi connectivity index (χ3v) is 3.20. The molecular formula is C4H4Br2N6S2. The predicted molar refractivity (Wildman–Crippen MR) is 64.0 cm³/mol. The van der Waals surface area contributed by atoms with Crippen molar-refractivity contribution in [2.24, 2.45) is 0 Å². The zero-order chi connectivity index (χ0) is 10.6. The summed E-state index contributed by atoms with van der Waals surface area (Å²) in [6, 6.07) is 0. The van der Waals surface area contributed by atoms with E-state index in [2.05, 4.69) is 52.3 Å². The van der Waals surface area contributed by atoms with E-state index in [1.807, 2.05) is 0 Å². The van der Waals surface area contributed by atoms with Gasteiger partial charge in [-0.3, -0.25) is 0 Å². The van der Waals surface area contributed by atoms with E-state index in [4.69, 9.17) is 11.5 Å². The maximum Gasteiger partial charge on any atom is 0.204 e. The van der Waals surface area contributed by atoms with Crippen molar-refractivity contribution in [2.75, 3.05) is 11.5 Å². The summed E-state index contributed by atoms with van der Waals surface area (Å²) in [7, 11) is 0. The van der Waals surface area contributed by atoms with Crippen LogP contribution < -0.4 is 11.5 Å². The maximum absolute atomic E-state index is 5.14. The molecule has 0 saturated carbocycles. The second-order valence-electron chi connectivity index (χ2n) is 1.79. The van der Waals surface area contributed by atoms with Crippen molar-refractivity contribution in [1.29, 1.82) is 0 Å². The molecule has 2 heterocycles. The number of hydrogen-bond donors (Lipinski definition) is 2. The second-order valence-corrected chi connectivity index (χ2v) is 6.36. The summed E-state index contributed by atoms with van der Waals surface area (Å²) in [4.78, 5) is 0. The first-order valence-corrected chi connectivity index (χ1v) is 6.29. The van der Waals surface area contributed by atoms with Gasteiger partial charge in [0.1, 0.15) is 0 Å². The summed E-state index contributed by atoms with van der Waals surface area (Å²) in [6.07, 6.45) is 0. The molecule has 4 N–H and O–H groups in total. The van der Waals surface area contributed by atoms with E-state index >= 15 is 0 Å². The van der Waals surface area contributed by atoms with Gasteiger partial charge in [0.2, 0.25) is 10.3 Å². The third-order valence-electron chi connectivity index (χ3n) is 0.832. The van der Waals surface area contributed by atoms with Gasteiger partial charge in [-0.2, -0.15) is 0 Å². The Kier molecular flexibility index (Phi) is 4.65. The Bertz CT molecular complexity index is 329. The van der Waals surface area contributed by atoms with Crippen LogP contribution in [-0.4, -0.2) is 20.4 Å². The molecule has 2 rings (SSSR count). The van der Waals surface area contributed by atoms with E-state index in [0.29, 0.717) is 10.3 Å². The van der Waals surface area contributed by atoms with Crippen molar-refractivity contribution in [1.82, 2.24) is 20.4 Å². The first kappa shape index (κ1) is 11.8.